The number of hydrogen-bond donors (Lipinski definition) is 1. The van der Waals surface area contributed by atoms with Crippen molar-refractivity contribution < 1.29 is 0 Å². The van der Waals surface area contributed by atoms with E-state index in [1.54, 1.807) is 0 Å². The molecule has 0 atom stereocenters. The first-order valence-corrected chi connectivity index (χ1v) is 5.11. The van der Waals surface area contributed by atoms with Gasteiger partial charge in [0.1, 0.15) is 5.69 Å². The molecule has 0 saturated heterocycles. The molecular formula is C10H11N3S. The molecule has 2 aromatic rings. The summed E-state index contributed by atoms with van der Waals surface area (Å²) in [6.45, 7) is 2.07. The van der Waals surface area contributed by atoms with E-state index >= 15 is 0 Å². The highest BCUT2D eigenvalue weighted by Crippen LogP contribution is 2.25. The van der Waals surface area contributed by atoms with Crippen LogP contribution in [0.15, 0.2) is 24.3 Å². The molecule has 0 saturated carbocycles. The molecular weight excluding hydrogens is 194 g/mol. The molecule has 2 rings (SSSR count). The molecule has 0 fully saturated rings. The van der Waals surface area contributed by atoms with Crippen molar-refractivity contribution in [2.75, 3.05) is 12.4 Å². The molecule has 0 bridgehead atoms. The van der Waals surface area contributed by atoms with Crippen LogP contribution in [0.1, 0.15) is 5.56 Å². The summed E-state index contributed by atoms with van der Waals surface area (Å²) in [5.41, 5.74) is 3.28. The Balaban J connectivity index is 2.49. The third-order valence-electron chi connectivity index (χ3n) is 2.02. The molecule has 1 N–H and O–H groups in total. The van der Waals surface area contributed by atoms with Crippen LogP contribution in [-0.4, -0.2) is 15.8 Å². The van der Waals surface area contributed by atoms with Crippen molar-refractivity contribution in [2.24, 2.45) is 0 Å². The summed E-state index contributed by atoms with van der Waals surface area (Å²) >= 11 is 1.23. The summed E-state index contributed by atoms with van der Waals surface area (Å²) in [5.74, 6) is 0.848. The molecule has 0 aliphatic rings. The maximum atomic E-state index is 4.27. The fourth-order valence-electron chi connectivity index (χ4n) is 1.33. The van der Waals surface area contributed by atoms with Crippen molar-refractivity contribution in [2.45, 2.75) is 6.92 Å². The van der Waals surface area contributed by atoms with Gasteiger partial charge in [0, 0.05) is 12.6 Å². The average Bonchev–Trinajstić information content (AvgIpc) is 2.65. The Kier molecular flexibility index (Phi) is 2.45. The molecule has 0 amide bonds. The van der Waals surface area contributed by atoms with Gasteiger partial charge in [-0.1, -0.05) is 23.8 Å². The van der Waals surface area contributed by atoms with Gasteiger partial charge in [-0.05, 0) is 13.0 Å². The largest absolute Gasteiger partial charge is 0.370 e. The van der Waals surface area contributed by atoms with Crippen molar-refractivity contribution in [1.82, 2.24) is 8.75 Å². The first-order valence-electron chi connectivity index (χ1n) is 4.38. The maximum absolute atomic E-state index is 4.27. The Bertz CT molecular complexity index is 436. The summed E-state index contributed by atoms with van der Waals surface area (Å²) in [7, 11) is 1.86. The van der Waals surface area contributed by atoms with E-state index < -0.39 is 0 Å². The summed E-state index contributed by atoms with van der Waals surface area (Å²) in [6.07, 6.45) is 0. The highest BCUT2D eigenvalue weighted by molar-refractivity contribution is 6.99. The molecule has 4 heteroatoms. The second kappa shape index (κ2) is 3.75. The van der Waals surface area contributed by atoms with E-state index in [2.05, 4.69) is 33.1 Å². The number of benzene rings is 1. The lowest BCUT2D eigenvalue weighted by molar-refractivity contribution is 1.39. The predicted octanol–water partition coefficient (Wildman–Crippen LogP) is 2.56. The predicted molar refractivity (Wildman–Crippen MR) is 59.6 cm³/mol. The van der Waals surface area contributed by atoms with Crippen LogP contribution in [0.4, 0.5) is 5.82 Å². The van der Waals surface area contributed by atoms with Gasteiger partial charge in [-0.2, -0.15) is 8.75 Å². The number of aromatic nitrogens is 2. The van der Waals surface area contributed by atoms with Crippen LogP contribution in [-0.2, 0) is 0 Å². The second-order valence-corrected chi connectivity index (χ2v) is 3.61. The number of hydrogen-bond acceptors (Lipinski definition) is 4. The summed E-state index contributed by atoms with van der Waals surface area (Å²) in [5, 5.41) is 3.03. The zero-order valence-corrected chi connectivity index (χ0v) is 8.93. The zero-order valence-electron chi connectivity index (χ0n) is 8.11. The van der Waals surface area contributed by atoms with Crippen LogP contribution in [0.5, 0.6) is 0 Å². The van der Waals surface area contributed by atoms with E-state index in [9.17, 15) is 0 Å². The average molecular weight is 205 g/mol. The van der Waals surface area contributed by atoms with E-state index in [0.717, 1.165) is 17.1 Å². The smallest absolute Gasteiger partial charge is 0.167 e. The molecule has 0 unspecified atom stereocenters. The number of nitrogens with zero attached hydrogens (tertiary/aromatic N) is 2. The van der Waals surface area contributed by atoms with Crippen LogP contribution in [0, 0.1) is 6.92 Å². The monoisotopic (exact) mass is 205 g/mol. The highest BCUT2D eigenvalue weighted by Gasteiger charge is 2.08. The molecule has 0 spiro atoms. The van der Waals surface area contributed by atoms with Gasteiger partial charge in [0.25, 0.3) is 0 Å². The highest BCUT2D eigenvalue weighted by atomic mass is 32.1. The maximum Gasteiger partial charge on any atom is 0.167 e. The molecule has 14 heavy (non-hydrogen) atoms. The Morgan fingerprint density at radius 3 is 2.86 bits per heavy atom. The van der Waals surface area contributed by atoms with Gasteiger partial charge in [-0.3, -0.25) is 0 Å². The van der Waals surface area contributed by atoms with Crippen LogP contribution in [0.2, 0.25) is 0 Å². The van der Waals surface area contributed by atoms with Gasteiger partial charge in [0.05, 0.1) is 11.7 Å². The van der Waals surface area contributed by atoms with E-state index in [1.165, 1.54) is 17.3 Å². The SMILES string of the molecule is CNc1nsnc1-c1cccc(C)c1. The molecule has 1 heterocycles. The fourth-order valence-corrected chi connectivity index (χ4v) is 1.91. The first-order chi connectivity index (χ1) is 6.81. The Morgan fingerprint density at radius 1 is 1.29 bits per heavy atom. The van der Waals surface area contributed by atoms with Crippen LogP contribution < -0.4 is 5.32 Å². The van der Waals surface area contributed by atoms with Gasteiger partial charge >= 0.3 is 0 Å². The minimum absolute atomic E-state index is 0.848. The van der Waals surface area contributed by atoms with E-state index in [1.807, 2.05) is 19.2 Å². The Morgan fingerprint density at radius 2 is 2.14 bits per heavy atom. The van der Waals surface area contributed by atoms with Gasteiger partial charge in [-0.25, -0.2) is 0 Å². The third kappa shape index (κ3) is 1.61. The number of nitrogens with one attached hydrogen (secondary N) is 1. The van der Waals surface area contributed by atoms with E-state index in [0.29, 0.717) is 0 Å². The number of aryl methyl sites for hydroxylation is 1. The Hall–Kier alpha value is -1.42. The van der Waals surface area contributed by atoms with Crippen molar-refractivity contribution in [1.29, 1.82) is 0 Å². The number of rotatable bonds is 2. The normalized spacial score (nSPS) is 10.1. The molecule has 0 radical (unpaired) electrons. The van der Waals surface area contributed by atoms with Crippen molar-refractivity contribution in [3.63, 3.8) is 0 Å². The summed E-state index contributed by atoms with van der Waals surface area (Å²) in [4.78, 5) is 0. The lowest BCUT2D eigenvalue weighted by atomic mass is 10.1. The third-order valence-corrected chi connectivity index (χ3v) is 2.55. The second-order valence-electron chi connectivity index (χ2n) is 3.08. The molecule has 1 aromatic carbocycles. The van der Waals surface area contributed by atoms with Crippen molar-refractivity contribution >= 4 is 17.5 Å². The van der Waals surface area contributed by atoms with Gasteiger partial charge in [0.2, 0.25) is 0 Å². The standard InChI is InChI=1S/C10H11N3S/c1-7-4-3-5-8(6-7)9-10(11-2)13-14-12-9/h3-6H,1-2H3,(H,11,13). The lowest BCUT2D eigenvalue weighted by Crippen LogP contribution is -1.90. The molecule has 0 aliphatic heterocycles. The number of anilines is 1. The Labute approximate surface area is 87.1 Å². The van der Waals surface area contributed by atoms with E-state index in [4.69, 9.17) is 0 Å². The summed E-state index contributed by atoms with van der Waals surface area (Å²) < 4.78 is 8.43. The van der Waals surface area contributed by atoms with Crippen LogP contribution in [0.3, 0.4) is 0 Å². The van der Waals surface area contributed by atoms with Gasteiger partial charge in [-0.15, -0.1) is 0 Å². The minimum atomic E-state index is 0.848. The zero-order chi connectivity index (χ0) is 9.97. The van der Waals surface area contributed by atoms with E-state index in [-0.39, 0.29) is 0 Å². The van der Waals surface area contributed by atoms with Crippen molar-refractivity contribution in [3.8, 4) is 11.3 Å². The van der Waals surface area contributed by atoms with Gasteiger partial charge in [0.15, 0.2) is 5.82 Å². The van der Waals surface area contributed by atoms with Gasteiger partial charge < -0.3 is 5.32 Å². The molecule has 72 valence electrons. The molecule has 0 aliphatic carbocycles. The van der Waals surface area contributed by atoms with Crippen LogP contribution >= 0.6 is 11.7 Å². The molecule has 1 aromatic heterocycles. The fraction of sp³-hybridized carbons (Fsp3) is 0.200. The summed E-state index contributed by atoms with van der Waals surface area (Å²) in [6, 6.07) is 8.26. The topological polar surface area (TPSA) is 37.8 Å². The molecule has 3 nitrogen and oxygen atoms in total. The van der Waals surface area contributed by atoms with Crippen molar-refractivity contribution in [3.05, 3.63) is 29.8 Å². The lowest BCUT2D eigenvalue weighted by Gasteiger charge is -2.00. The first kappa shape index (κ1) is 9.15. The quantitative estimate of drug-likeness (QED) is 0.818. The minimum Gasteiger partial charge on any atom is -0.370 e. The van der Waals surface area contributed by atoms with Crippen LogP contribution in [0.25, 0.3) is 11.3 Å².